The second-order valence-electron chi connectivity index (χ2n) is 5.22. The monoisotopic (exact) mass is 441 g/mol. The molecule has 1 N–H and O–H groups in total. The summed E-state index contributed by atoms with van der Waals surface area (Å²) in [5.74, 6) is -1.81. The number of halogens is 2. The van der Waals surface area contributed by atoms with Crippen molar-refractivity contribution in [3.8, 4) is 5.75 Å². The Balaban J connectivity index is 1.93. The summed E-state index contributed by atoms with van der Waals surface area (Å²) < 4.78 is 51.8. The molecule has 136 valence electrons. The zero-order valence-electron chi connectivity index (χ0n) is 13.5. The average molecular weight is 442 g/mol. The lowest BCUT2D eigenvalue weighted by atomic mass is 10.2. The topological polar surface area (TPSA) is 85.6 Å². The van der Waals surface area contributed by atoms with E-state index in [9.17, 15) is 17.6 Å². The Hall–Kier alpha value is -2.39. The summed E-state index contributed by atoms with van der Waals surface area (Å²) in [5.41, 5.74) is 0.120. The lowest BCUT2D eigenvalue weighted by Crippen LogP contribution is -2.30. The number of rotatable bonds is 5. The van der Waals surface area contributed by atoms with Gasteiger partial charge in [-0.15, -0.1) is 0 Å². The molecule has 1 amide bonds. The molecule has 0 bridgehead atoms. The van der Waals surface area contributed by atoms with E-state index in [4.69, 9.17) is 9.15 Å². The zero-order valence-corrected chi connectivity index (χ0v) is 15.9. The Morgan fingerprint density at radius 1 is 1.27 bits per heavy atom. The zero-order chi connectivity index (χ0) is 18.9. The van der Waals surface area contributed by atoms with Crippen LogP contribution in [0.2, 0.25) is 0 Å². The Kier molecular flexibility index (Phi) is 5.01. The second-order valence-corrected chi connectivity index (χ2v) is 7.79. The Bertz CT molecular complexity index is 1090. The molecule has 6 nitrogen and oxygen atoms in total. The van der Waals surface area contributed by atoms with Gasteiger partial charge in [-0.05, 0) is 31.2 Å². The van der Waals surface area contributed by atoms with Gasteiger partial charge in [0.25, 0.3) is 10.0 Å². The van der Waals surface area contributed by atoms with Gasteiger partial charge in [-0.25, -0.2) is 17.5 Å². The summed E-state index contributed by atoms with van der Waals surface area (Å²) in [6.07, 6.45) is 0. The van der Waals surface area contributed by atoms with E-state index in [1.54, 1.807) is 13.0 Å². The van der Waals surface area contributed by atoms with E-state index in [0.29, 0.717) is 4.47 Å². The highest BCUT2D eigenvalue weighted by Gasteiger charge is 2.25. The van der Waals surface area contributed by atoms with Crippen molar-refractivity contribution in [3.63, 3.8) is 0 Å². The van der Waals surface area contributed by atoms with Crippen molar-refractivity contribution in [2.24, 2.45) is 0 Å². The first-order chi connectivity index (χ1) is 12.3. The van der Waals surface area contributed by atoms with Gasteiger partial charge >= 0.3 is 5.91 Å². The number of carbonyl (C=O) groups excluding carboxylic acids is 1. The van der Waals surface area contributed by atoms with Gasteiger partial charge in [-0.1, -0.05) is 28.1 Å². The van der Waals surface area contributed by atoms with E-state index in [1.807, 2.05) is 4.72 Å². The second kappa shape index (κ2) is 7.08. The summed E-state index contributed by atoms with van der Waals surface area (Å²) in [7, 11) is -4.20. The predicted octanol–water partition coefficient (Wildman–Crippen LogP) is 3.85. The van der Waals surface area contributed by atoms with Crippen molar-refractivity contribution in [2.45, 2.75) is 11.8 Å². The van der Waals surface area contributed by atoms with E-state index in [1.165, 1.54) is 30.3 Å². The lowest BCUT2D eigenvalue weighted by Gasteiger charge is -2.10. The first-order valence-corrected chi connectivity index (χ1v) is 9.77. The van der Waals surface area contributed by atoms with Crippen molar-refractivity contribution >= 4 is 42.8 Å². The molecular weight excluding hydrogens is 429 g/mol. The highest BCUT2D eigenvalue weighted by atomic mass is 79.9. The van der Waals surface area contributed by atoms with Crippen LogP contribution in [0.15, 0.2) is 56.2 Å². The van der Waals surface area contributed by atoms with E-state index < -0.39 is 21.7 Å². The number of hydrogen-bond donors (Lipinski definition) is 1. The van der Waals surface area contributed by atoms with Crippen molar-refractivity contribution < 1.29 is 26.8 Å². The van der Waals surface area contributed by atoms with Crippen LogP contribution in [0.1, 0.15) is 17.5 Å². The molecule has 0 aliphatic carbocycles. The first-order valence-electron chi connectivity index (χ1n) is 7.49. The molecule has 3 rings (SSSR count). The summed E-state index contributed by atoms with van der Waals surface area (Å²) >= 11 is 3.12. The number of amides is 1. The number of ether oxygens (including phenoxy) is 1. The van der Waals surface area contributed by atoms with Crippen LogP contribution in [0.4, 0.5) is 4.39 Å². The standard InChI is InChI=1S/C17H13BrFNO5S/c1-2-24-13-5-3-4-6-16(13)26(22,23)20-17(21)15-9-11-12(19)7-10(18)8-14(11)25-15/h3-9H,2H2,1H3,(H,20,21). The number of furan rings is 1. The molecule has 0 spiro atoms. The molecule has 0 aliphatic heterocycles. The molecule has 0 saturated heterocycles. The number of benzene rings is 2. The number of sulfonamides is 1. The molecule has 3 aromatic rings. The van der Waals surface area contributed by atoms with Gasteiger partial charge in [-0.2, -0.15) is 0 Å². The maximum atomic E-state index is 13.9. The van der Waals surface area contributed by atoms with Crippen LogP contribution in [0.25, 0.3) is 11.0 Å². The molecule has 0 fully saturated rings. The molecule has 1 aromatic heterocycles. The molecule has 0 atom stereocenters. The average Bonchev–Trinajstić information content (AvgIpc) is 2.99. The van der Waals surface area contributed by atoms with Crippen LogP contribution < -0.4 is 9.46 Å². The summed E-state index contributed by atoms with van der Waals surface area (Å²) in [6, 6.07) is 9.77. The van der Waals surface area contributed by atoms with Crippen molar-refractivity contribution in [3.05, 3.63) is 58.5 Å². The molecule has 26 heavy (non-hydrogen) atoms. The third-order valence-electron chi connectivity index (χ3n) is 3.44. The van der Waals surface area contributed by atoms with Crippen LogP contribution in [0, 0.1) is 5.82 Å². The molecule has 2 aromatic carbocycles. The molecule has 9 heteroatoms. The minimum atomic E-state index is -4.20. The summed E-state index contributed by atoms with van der Waals surface area (Å²) in [4.78, 5) is 12.1. The first kappa shape index (κ1) is 18.4. The quantitative estimate of drug-likeness (QED) is 0.649. The Labute approximate surface area is 157 Å². The third kappa shape index (κ3) is 3.58. The van der Waals surface area contributed by atoms with Crippen molar-refractivity contribution in [2.75, 3.05) is 6.61 Å². The number of nitrogens with one attached hydrogen (secondary N) is 1. The van der Waals surface area contributed by atoms with Crippen molar-refractivity contribution in [1.29, 1.82) is 0 Å². The fourth-order valence-corrected chi connectivity index (χ4v) is 3.86. The smallest absolute Gasteiger partial charge is 0.300 e. The molecule has 0 saturated carbocycles. The Morgan fingerprint density at radius 2 is 2.00 bits per heavy atom. The van der Waals surface area contributed by atoms with Gasteiger partial charge in [0.05, 0.1) is 12.0 Å². The van der Waals surface area contributed by atoms with E-state index >= 15 is 0 Å². The number of hydrogen-bond acceptors (Lipinski definition) is 5. The van der Waals surface area contributed by atoms with E-state index in [0.717, 1.165) is 6.07 Å². The van der Waals surface area contributed by atoms with E-state index in [2.05, 4.69) is 15.9 Å². The van der Waals surface area contributed by atoms with Gasteiger partial charge in [0, 0.05) is 10.5 Å². The Morgan fingerprint density at radius 3 is 2.73 bits per heavy atom. The normalized spacial score (nSPS) is 11.5. The molecule has 0 radical (unpaired) electrons. The highest BCUT2D eigenvalue weighted by molar-refractivity contribution is 9.10. The third-order valence-corrected chi connectivity index (χ3v) is 5.27. The van der Waals surface area contributed by atoms with E-state index in [-0.39, 0.29) is 34.0 Å². The summed E-state index contributed by atoms with van der Waals surface area (Å²) in [6.45, 7) is 1.97. The number of carbonyl (C=O) groups is 1. The maximum absolute atomic E-state index is 13.9. The SMILES string of the molecule is CCOc1ccccc1S(=O)(=O)NC(=O)c1cc2c(F)cc(Br)cc2o1. The summed E-state index contributed by atoms with van der Waals surface area (Å²) in [5, 5.41) is 0.0745. The van der Waals surface area contributed by atoms with Gasteiger partial charge in [0.2, 0.25) is 0 Å². The molecule has 0 unspecified atom stereocenters. The molecule has 0 aliphatic rings. The molecule has 1 heterocycles. The van der Waals surface area contributed by atoms with Gasteiger partial charge in [0.1, 0.15) is 22.0 Å². The largest absolute Gasteiger partial charge is 0.492 e. The van der Waals surface area contributed by atoms with Gasteiger partial charge in [0.15, 0.2) is 5.76 Å². The number of fused-ring (bicyclic) bond motifs is 1. The van der Waals surface area contributed by atoms with Crippen LogP contribution in [0.5, 0.6) is 5.75 Å². The minimum Gasteiger partial charge on any atom is -0.492 e. The van der Waals surface area contributed by atoms with Crippen LogP contribution >= 0.6 is 15.9 Å². The highest BCUT2D eigenvalue weighted by Crippen LogP contribution is 2.27. The predicted molar refractivity (Wildman–Crippen MR) is 96.1 cm³/mol. The molecular formula is C17H13BrFNO5S. The lowest BCUT2D eigenvalue weighted by molar-refractivity contribution is 0.0956. The van der Waals surface area contributed by atoms with Crippen LogP contribution in [-0.2, 0) is 10.0 Å². The van der Waals surface area contributed by atoms with Gasteiger partial charge in [-0.3, -0.25) is 4.79 Å². The fraction of sp³-hybridized carbons (Fsp3) is 0.118. The van der Waals surface area contributed by atoms with Gasteiger partial charge < -0.3 is 9.15 Å². The van der Waals surface area contributed by atoms with Crippen LogP contribution in [0.3, 0.4) is 0 Å². The fourth-order valence-electron chi connectivity index (χ4n) is 2.35. The van der Waals surface area contributed by atoms with Crippen LogP contribution in [-0.4, -0.2) is 20.9 Å². The maximum Gasteiger partial charge on any atom is 0.300 e. The minimum absolute atomic E-state index is 0.0745. The number of para-hydroxylation sites is 1. The van der Waals surface area contributed by atoms with Crippen molar-refractivity contribution in [1.82, 2.24) is 4.72 Å².